The topological polar surface area (TPSA) is 88.3 Å². The molecule has 7 heteroatoms. The van der Waals surface area contributed by atoms with E-state index in [0.717, 1.165) is 12.8 Å². The first kappa shape index (κ1) is 13.6. The molecule has 19 heavy (non-hydrogen) atoms. The van der Waals surface area contributed by atoms with E-state index in [4.69, 9.17) is 17.3 Å². The van der Waals surface area contributed by atoms with Gasteiger partial charge < -0.3 is 16.0 Å². The molecule has 0 aromatic carbocycles. The lowest BCUT2D eigenvalue weighted by Gasteiger charge is -2.17. The van der Waals surface area contributed by atoms with Gasteiger partial charge in [-0.1, -0.05) is 11.6 Å². The van der Waals surface area contributed by atoms with Gasteiger partial charge >= 0.3 is 0 Å². The molecule has 1 fully saturated rings. The molecule has 0 unspecified atom stereocenters. The van der Waals surface area contributed by atoms with Gasteiger partial charge in [-0.05, 0) is 18.9 Å². The summed E-state index contributed by atoms with van der Waals surface area (Å²) < 4.78 is 0. The van der Waals surface area contributed by atoms with Gasteiger partial charge in [-0.25, -0.2) is 4.98 Å². The predicted molar refractivity (Wildman–Crippen MR) is 71.8 cm³/mol. The van der Waals surface area contributed by atoms with E-state index in [1.54, 1.807) is 0 Å². The summed E-state index contributed by atoms with van der Waals surface area (Å²) in [5, 5.41) is 2.89. The number of amides is 2. The molecule has 1 heterocycles. The smallest absolute Gasteiger partial charge is 0.257 e. The highest BCUT2D eigenvalue weighted by Crippen LogP contribution is 2.19. The molecule has 0 atom stereocenters. The Morgan fingerprint density at radius 1 is 1.58 bits per heavy atom. The van der Waals surface area contributed by atoms with Crippen LogP contribution in [0.4, 0.5) is 5.69 Å². The first-order valence-corrected chi connectivity index (χ1v) is 6.31. The van der Waals surface area contributed by atoms with Crippen LogP contribution in [-0.4, -0.2) is 41.3 Å². The first-order valence-electron chi connectivity index (χ1n) is 5.93. The molecule has 1 aliphatic rings. The van der Waals surface area contributed by atoms with Crippen LogP contribution in [0.2, 0.25) is 5.15 Å². The summed E-state index contributed by atoms with van der Waals surface area (Å²) >= 11 is 5.85. The van der Waals surface area contributed by atoms with Crippen LogP contribution in [0.3, 0.4) is 0 Å². The number of nitrogen functional groups attached to an aromatic ring is 1. The highest BCUT2D eigenvalue weighted by atomic mass is 35.5. The molecule has 102 valence electrons. The fraction of sp³-hybridized carbons (Fsp3) is 0.417. The zero-order valence-corrected chi connectivity index (χ0v) is 11.3. The maximum atomic E-state index is 12.1. The van der Waals surface area contributed by atoms with Crippen LogP contribution < -0.4 is 11.1 Å². The van der Waals surface area contributed by atoms with Crippen molar-refractivity contribution in [1.29, 1.82) is 0 Å². The third-order valence-corrected chi connectivity index (χ3v) is 3.06. The number of anilines is 1. The lowest BCUT2D eigenvalue weighted by Crippen LogP contribution is -2.39. The van der Waals surface area contributed by atoms with E-state index in [0.29, 0.717) is 5.69 Å². The van der Waals surface area contributed by atoms with Crippen molar-refractivity contribution in [2.75, 3.05) is 19.3 Å². The Hall–Kier alpha value is -1.82. The molecule has 1 saturated carbocycles. The van der Waals surface area contributed by atoms with Crippen LogP contribution >= 0.6 is 11.6 Å². The van der Waals surface area contributed by atoms with E-state index < -0.39 is 0 Å². The zero-order valence-electron chi connectivity index (χ0n) is 10.5. The maximum Gasteiger partial charge on any atom is 0.257 e. The van der Waals surface area contributed by atoms with Crippen molar-refractivity contribution in [1.82, 2.24) is 15.2 Å². The maximum absolute atomic E-state index is 12.1. The van der Waals surface area contributed by atoms with Crippen LogP contribution in [0, 0.1) is 0 Å². The van der Waals surface area contributed by atoms with Gasteiger partial charge in [-0.3, -0.25) is 9.59 Å². The number of nitrogens with zero attached hydrogens (tertiary/aromatic N) is 2. The number of rotatable bonds is 4. The number of nitrogens with one attached hydrogen (secondary N) is 1. The van der Waals surface area contributed by atoms with E-state index in [1.165, 1.54) is 24.2 Å². The van der Waals surface area contributed by atoms with Crippen molar-refractivity contribution in [2.45, 2.75) is 18.9 Å². The Balaban J connectivity index is 2.01. The zero-order chi connectivity index (χ0) is 14.0. The Kier molecular flexibility index (Phi) is 3.90. The van der Waals surface area contributed by atoms with Gasteiger partial charge in [-0.15, -0.1) is 0 Å². The predicted octanol–water partition coefficient (Wildman–Crippen LogP) is 0.668. The quantitative estimate of drug-likeness (QED) is 0.795. The standard InChI is InChI=1S/C12H15ClN4O2/c1-17(6-10(18)16-8-2-3-8)12(19)9-4-7(14)5-15-11(9)13/h4-5,8H,2-3,6,14H2,1H3,(H,16,18). The molecule has 0 radical (unpaired) electrons. The largest absolute Gasteiger partial charge is 0.397 e. The van der Waals surface area contributed by atoms with Gasteiger partial charge in [0.25, 0.3) is 5.91 Å². The summed E-state index contributed by atoms with van der Waals surface area (Å²) in [7, 11) is 1.54. The average Bonchev–Trinajstić information content (AvgIpc) is 3.15. The minimum Gasteiger partial charge on any atom is -0.397 e. The second kappa shape index (κ2) is 5.44. The van der Waals surface area contributed by atoms with Gasteiger partial charge in [0, 0.05) is 13.1 Å². The molecule has 3 N–H and O–H groups in total. The van der Waals surface area contributed by atoms with Gasteiger partial charge in [-0.2, -0.15) is 0 Å². The van der Waals surface area contributed by atoms with E-state index >= 15 is 0 Å². The molecule has 2 rings (SSSR count). The minimum atomic E-state index is -0.379. The molecular formula is C12H15ClN4O2. The Labute approximate surface area is 115 Å². The number of carbonyl (C=O) groups is 2. The second-order valence-electron chi connectivity index (χ2n) is 4.61. The molecule has 0 saturated heterocycles. The summed E-state index contributed by atoms with van der Waals surface area (Å²) in [5.41, 5.74) is 6.12. The van der Waals surface area contributed by atoms with Crippen molar-refractivity contribution < 1.29 is 9.59 Å². The lowest BCUT2D eigenvalue weighted by molar-refractivity contribution is -0.121. The summed E-state index contributed by atoms with van der Waals surface area (Å²) in [4.78, 5) is 28.8. The van der Waals surface area contributed by atoms with E-state index in [2.05, 4.69) is 10.3 Å². The molecule has 0 spiro atoms. The highest BCUT2D eigenvalue weighted by molar-refractivity contribution is 6.32. The number of hydrogen-bond donors (Lipinski definition) is 2. The number of nitrogens with two attached hydrogens (primary N) is 1. The fourth-order valence-corrected chi connectivity index (χ4v) is 1.79. The van der Waals surface area contributed by atoms with Crippen LogP contribution in [0.25, 0.3) is 0 Å². The third-order valence-electron chi connectivity index (χ3n) is 2.76. The summed E-state index contributed by atoms with van der Waals surface area (Å²) in [6, 6.07) is 1.72. The highest BCUT2D eigenvalue weighted by Gasteiger charge is 2.25. The molecule has 0 aliphatic heterocycles. The molecule has 0 bridgehead atoms. The van der Waals surface area contributed by atoms with Crippen molar-refractivity contribution in [3.05, 3.63) is 23.0 Å². The van der Waals surface area contributed by atoms with Crippen LogP contribution in [0.15, 0.2) is 12.3 Å². The van der Waals surface area contributed by atoms with E-state index in [9.17, 15) is 9.59 Å². The Bertz CT molecular complexity index is 516. The summed E-state index contributed by atoms with van der Waals surface area (Å²) in [6.45, 7) is -0.0134. The number of likely N-dealkylation sites (N-methyl/N-ethyl adjacent to an activating group) is 1. The lowest BCUT2D eigenvalue weighted by atomic mass is 10.2. The van der Waals surface area contributed by atoms with Crippen molar-refractivity contribution in [3.63, 3.8) is 0 Å². The van der Waals surface area contributed by atoms with Crippen LogP contribution in [0.1, 0.15) is 23.2 Å². The van der Waals surface area contributed by atoms with Gasteiger partial charge in [0.2, 0.25) is 5.91 Å². The minimum absolute atomic E-state index is 0.0134. The van der Waals surface area contributed by atoms with Gasteiger partial charge in [0.05, 0.1) is 24.0 Å². The Morgan fingerprint density at radius 3 is 2.89 bits per heavy atom. The molecule has 2 amide bonds. The number of hydrogen-bond acceptors (Lipinski definition) is 4. The first-order chi connectivity index (χ1) is 8.97. The van der Waals surface area contributed by atoms with Crippen molar-refractivity contribution in [3.8, 4) is 0 Å². The molecule has 1 aliphatic carbocycles. The van der Waals surface area contributed by atoms with Crippen molar-refractivity contribution >= 4 is 29.1 Å². The summed E-state index contributed by atoms with van der Waals surface area (Å²) in [5.74, 6) is -0.554. The molecular weight excluding hydrogens is 268 g/mol. The summed E-state index contributed by atoms with van der Waals surface area (Å²) in [6.07, 6.45) is 3.39. The number of carbonyl (C=O) groups excluding carboxylic acids is 2. The average molecular weight is 283 g/mol. The van der Waals surface area contributed by atoms with E-state index in [1.807, 2.05) is 0 Å². The Morgan fingerprint density at radius 2 is 2.26 bits per heavy atom. The third kappa shape index (κ3) is 3.57. The number of halogens is 1. The molecule has 1 aromatic heterocycles. The van der Waals surface area contributed by atoms with Crippen LogP contribution in [-0.2, 0) is 4.79 Å². The van der Waals surface area contributed by atoms with Gasteiger partial charge in [0.15, 0.2) is 0 Å². The SMILES string of the molecule is CN(CC(=O)NC1CC1)C(=O)c1cc(N)cnc1Cl. The van der Waals surface area contributed by atoms with Gasteiger partial charge in [0.1, 0.15) is 5.15 Å². The normalized spacial score (nSPS) is 14.0. The molecule has 6 nitrogen and oxygen atoms in total. The second-order valence-corrected chi connectivity index (χ2v) is 4.97. The number of aromatic nitrogens is 1. The van der Waals surface area contributed by atoms with Crippen LogP contribution in [0.5, 0.6) is 0 Å². The monoisotopic (exact) mass is 282 g/mol. The number of pyridine rings is 1. The van der Waals surface area contributed by atoms with E-state index in [-0.39, 0.29) is 35.1 Å². The van der Waals surface area contributed by atoms with Crippen molar-refractivity contribution in [2.24, 2.45) is 0 Å². The molecule has 1 aromatic rings. The fourth-order valence-electron chi connectivity index (χ4n) is 1.61.